The molecule has 1 aromatic carbocycles. The van der Waals surface area contributed by atoms with Crippen LogP contribution in [0.2, 0.25) is 0 Å². The SMILES string of the molecule is CC(C)(C)OC(=O)N1CCC(c2cc3nc(-c4ccc(S(C)(=O)=O)cc4)cnc3o2)CC1. The summed E-state index contributed by atoms with van der Waals surface area (Å²) in [6.07, 6.45) is 4.07. The predicted molar refractivity (Wildman–Crippen MR) is 120 cm³/mol. The van der Waals surface area contributed by atoms with Crippen molar-refractivity contribution >= 4 is 27.2 Å². The molecule has 0 aliphatic carbocycles. The third-order valence-corrected chi connectivity index (χ3v) is 6.51. The number of piperidine rings is 1. The van der Waals surface area contributed by atoms with Crippen LogP contribution >= 0.6 is 0 Å². The molecular formula is C23H27N3O5S. The number of nitrogens with zero attached hydrogens (tertiary/aromatic N) is 3. The largest absolute Gasteiger partial charge is 0.444 e. The van der Waals surface area contributed by atoms with Gasteiger partial charge in [0.25, 0.3) is 0 Å². The Morgan fingerprint density at radius 2 is 1.81 bits per heavy atom. The first-order chi connectivity index (χ1) is 15.0. The number of sulfone groups is 1. The van der Waals surface area contributed by atoms with Gasteiger partial charge < -0.3 is 14.1 Å². The zero-order valence-corrected chi connectivity index (χ0v) is 19.5. The minimum Gasteiger partial charge on any atom is -0.444 e. The lowest BCUT2D eigenvalue weighted by molar-refractivity contribution is 0.0200. The van der Waals surface area contributed by atoms with Crippen LogP contribution in [0.4, 0.5) is 4.79 Å². The molecule has 4 rings (SSSR count). The average Bonchev–Trinajstić information content (AvgIpc) is 3.15. The fourth-order valence-electron chi connectivity index (χ4n) is 3.73. The summed E-state index contributed by atoms with van der Waals surface area (Å²) >= 11 is 0. The number of rotatable bonds is 3. The molecule has 0 saturated carbocycles. The van der Waals surface area contributed by atoms with Crippen LogP contribution < -0.4 is 0 Å². The summed E-state index contributed by atoms with van der Waals surface area (Å²) in [5.74, 6) is 0.996. The Balaban J connectivity index is 1.48. The quantitative estimate of drug-likeness (QED) is 0.574. The first-order valence-corrected chi connectivity index (χ1v) is 12.4. The van der Waals surface area contributed by atoms with Crippen LogP contribution in [0.15, 0.2) is 45.8 Å². The van der Waals surface area contributed by atoms with E-state index in [1.807, 2.05) is 26.8 Å². The normalized spacial score (nSPS) is 15.8. The van der Waals surface area contributed by atoms with E-state index < -0.39 is 15.4 Å². The summed E-state index contributed by atoms with van der Waals surface area (Å²) in [5, 5.41) is 0. The van der Waals surface area contributed by atoms with E-state index in [9.17, 15) is 13.2 Å². The number of aromatic nitrogens is 2. The standard InChI is InChI=1S/C23H27N3O5S/c1-23(2,3)31-22(27)26-11-9-16(10-12-26)20-13-18-21(30-20)24-14-19(25-18)15-5-7-17(8-6-15)32(4,28)29/h5-8,13-14,16H,9-12H2,1-4H3. The van der Waals surface area contributed by atoms with Gasteiger partial charge in [-0.3, -0.25) is 0 Å². The highest BCUT2D eigenvalue weighted by molar-refractivity contribution is 7.90. The van der Waals surface area contributed by atoms with Gasteiger partial charge in [0.2, 0.25) is 5.71 Å². The van der Waals surface area contributed by atoms with Crippen LogP contribution in [-0.4, -0.2) is 54.3 Å². The van der Waals surface area contributed by atoms with E-state index in [1.54, 1.807) is 35.4 Å². The molecule has 170 valence electrons. The number of benzene rings is 1. The van der Waals surface area contributed by atoms with E-state index in [0.29, 0.717) is 30.0 Å². The van der Waals surface area contributed by atoms with Gasteiger partial charge in [-0.15, -0.1) is 0 Å². The molecule has 1 amide bonds. The second-order valence-electron chi connectivity index (χ2n) is 9.13. The summed E-state index contributed by atoms with van der Waals surface area (Å²) in [5.41, 5.74) is 2.03. The second-order valence-corrected chi connectivity index (χ2v) is 11.1. The van der Waals surface area contributed by atoms with Crippen LogP contribution in [0, 0.1) is 0 Å². The second kappa shape index (κ2) is 8.20. The van der Waals surface area contributed by atoms with Gasteiger partial charge in [0.15, 0.2) is 9.84 Å². The molecule has 0 unspecified atom stereocenters. The smallest absolute Gasteiger partial charge is 0.410 e. The van der Waals surface area contributed by atoms with E-state index in [0.717, 1.165) is 24.2 Å². The predicted octanol–water partition coefficient (Wildman–Crippen LogP) is 4.41. The number of fused-ring (bicyclic) bond motifs is 1. The number of ether oxygens (including phenoxy) is 1. The first-order valence-electron chi connectivity index (χ1n) is 10.5. The summed E-state index contributed by atoms with van der Waals surface area (Å²) in [4.78, 5) is 23.3. The molecule has 1 fully saturated rings. The number of carbonyl (C=O) groups is 1. The highest BCUT2D eigenvalue weighted by Crippen LogP contribution is 2.32. The third-order valence-electron chi connectivity index (χ3n) is 5.38. The van der Waals surface area contributed by atoms with E-state index in [1.165, 1.54) is 6.26 Å². The van der Waals surface area contributed by atoms with Gasteiger partial charge in [-0.1, -0.05) is 12.1 Å². The number of likely N-dealkylation sites (tertiary alicyclic amines) is 1. The lowest BCUT2D eigenvalue weighted by Gasteiger charge is -2.32. The molecule has 9 heteroatoms. The van der Waals surface area contributed by atoms with Gasteiger partial charge in [-0.05, 0) is 45.7 Å². The molecule has 0 radical (unpaired) electrons. The van der Waals surface area contributed by atoms with E-state index in [2.05, 4.69) is 9.97 Å². The molecule has 3 heterocycles. The Labute approximate surface area is 187 Å². The molecule has 0 bridgehead atoms. The summed E-state index contributed by atoms with van der Waals surface area (Å²) in [7, 11) is -3.25. The zero-order chi connectivity index (χ0) is 23.1. The van der Waals surface area contributed by atoms with Crippen molar-refractivity contribution in [1.29, 1.82) is 0 Å². The number of hydrogen-bond acceptors (Lipinski definition) is 7. The number of furan rings is 1. The van der Waals surface area contributed by atoms with Crippen molar-refractivity contribution in [2.75, 3.05) is 19.3 Å². The Bertz CT molecular complexity index is 1230. The van der Waals surface area contributed by atoms with E-state index >= 15 is 0 Å². The Kier molecular flexibility index (Phi) is 5.70. The molecule has 32 heavy (non-hydrogen) atoms. The summed E-state index contributed by atoms with van der Waals surface area (Å²) < 4.78 is 34.7. The first kappa shape index (κ1) is 22.3. The molecule has 0 spiro atoms. The molecule has 1 saturated heterocycles. The number of amides is 1. The van der Waals surface area contributed by atoms with Crippen molar-refractivity contribution in [2.24, 2.45) is 0 Å². The van der Waals surface area contributed by atoms with Gasteiger partial charge in [0.05, 0.1) is 16.8 Å². The Hall–Kier alpha value is -2.94. The zero-order valence-electron chi connectivity index (χ0n) is 18.7. The fraction of sp³-hybridized carbons (Fsp3) is 0.435. The van der Waals surface area contributed by atoms with Crippen LogP contribution in [0.3, 0.4) is 0 Å². The van der Waals surface area contributed by atoms with Crippen molar-refractivity contribution in [3.8, 4) is 11.3 Å². The minimum atomic E-state index is -3.25. The van der Waals surface area contributed by atoms with Crippen LogP contribution in [0.1, 0.15) is 45.3 Å². The van der Waals surface area contributed by atoms with Gasteiger partial charge >= 0.3 is 6.09 Å². The molecule has 1 aliphatic heterocycles. The maximum atomic E-state index is 12.3. The van der Waals surface area contributed by atoms with Crippen LogP contribution in [0.25, 0.3) is 22.5 Å². The Morgan fingerprint density at radius 3 is 2.41 bits per heavy atom. The molecule has 8 nitrogen and oxygen atoms in total. The third kappa shape index (κ3) is 4.93. The highest BCUT2D eigenvalue weighted by atomic mass is 32.2. The number of hydrogen-bond donors (Lipinski definition) is 0. The van der Waals surface area contributed by atoms with Crippen LogP contribution in [0.5, 0.6) is 0 Å². The molecule has 2 aromatic heterocycles. The van der Waals surface area contributed by atoms with Crippen molar-refractivity contribution in [3.05, 3.63) is 42.3 Å². The summed E-state index contributed by atoms with van der Waals surface area (Å²) in [6.45, 7) is 6.80. The fourth-order valence-corrected chi connectivity index (χ4v) is 4.36. The van der Waals surface area contributed by atoms with Gasteiger partial charge in [0.1, 0.15) is 16.9 Å². The summed E-state index contributed by atoms with van der Waals surface area (Å²) in [6, 6.07) is 8.48. The monoisotopic (exact) mass is 457 g/mol. The minimum absolute atomic E-state index is 0.183. The molecule has 3 aromatic rings. The van der Waals surface area contributed by atoms with Crippen molar-refractivity contribution in [1.82, 2.24) is 14.9 Å². The van der Waals surface area contributed by atoms with Crippen molar-refractivity contribution in [2.45, 2.75) is 50.0 Å². The molecule has 1 aliphatic rings. The van der Waals surface area contributed by atoms with Crippen molar-refractivity contribution < 1.29 is 22.4 Å². The maximum absolute atomic E-state index is 12.3. The number of carbonyl (C=O) groups excluding carboxylic acids is 1. The Morgan fingerprint density at radius 1 is 1.16 bits per heavy atom. The molecule has 0 atom stereocenters. The average molecular weight is 458 g/mol. The van der Waals surface area contributed by atoms with E-state index in [-0.39, 0.29) is 16.9 Å². The van der Waals surface area contributed by atoms with Gasteiger partial charge in [-0.25, -0.2) is 23.2 Å². The van der Waals surface area contributed by atoms with Gasteiger partial charge in [0, 0.05) is 36.9 Å². The maximum Gasteiger partial charge on any atom is 0.410 e. The lowest BCUT2D eigenvalue weighted by atomic mass is 9.94. The van der Waals surface area contributed by atoms with Gasteiger partial charge in [-0.2, -0.15) is 0 Å². The highest BCUT2D eigenvalue weighted by Gasteiger charge is 2.29. The van der Waals surface area contributed by atoms with E-state index in [4.69, 9.17) is 9.15 Å². The van der Waals surface area contributed by atoms with Crippen LogP contribution in [-0.2, 0) is 14.6 Å². The topological polar surface area (TPSA) is 103 Å². The molecular weight excluding hydrogens is 430 g/mol. The van der Waals surface area contributed by atoms with Crippen molar-refractivity contribution in [3.63, 3.8) is 0 Å². The molecule has 0 N–H and O–H groups in total. The lowest BCUT2D eigenvalue weighted by Crippen LogP contribution is -2.41.